The molecule has 1 aliphatic rings. The highest BCUT2D eigenvalue weighted by Gasteiger charge is 2.21. The molecule has 1 fully saturated rings. The Morgan fingerprint density at radius 3 is 2.41 bits per heavy atom. The van der Waals surface area contributed by atoms with E-state index in [1.807, 2.05) is 0 Å². The summed E-state index contributed by atoms with van der Waals surface area (Å²) >= 11 is 0. The van der Waals surface area contributed by atoms with Gasteiger partial charge in [-0.25, -0.2) is 0 Å². The van der Waals surface area contributed by atoms with Crippen LogP contribution in [0.3, 0.4) is 0 Å². The smallest absolute Gasteiger partial charge is 0.0162 e. The van der Waals surface area contributed by atoms with E-state index < -0.39 is 0 Å². The number of hydrogen-bond donors (Lipinski definition) is 0. The first-order valence-corrected chi connectivity index (χ1v) is 7.06. The zero-order chi connectivity index (χ0) is 11.9. The minimum atomic E-state index is 0.828. The molecule has 0 aromatic heterocycles. The van der Waals surface area contributed by atoms with Gasteiger partial charge < -0.3 is 0 Å². The van der Waals surface area contributed by atoms with E-state index in [9.17, 15) is 0 Å². The lowest BCUT2D eigenvalue weighted by Gasteiger charge is -2.28. The maximum Gasteiger partial charge on any atom is -0.0162 e. The second-order valence-corrected chi connectivity index (χ2v) is 5.27. The van der Waals surface area contributed by atoms with E-state index in [4.69, 9.17) is 0 Å². The molecule has 0 bridgehead atoms. The van der Waals surface area contributed by atoms with Crippen LogP contribution in [0.5, 0.6) is 0 Å². The zero-order valence-corrected chi connectivity index (χ0v) is 10.9. The van der Waals surface area contributed by atoms with Crippen LogP contribution in [-0.2, 0) is 0 Å². The molecule has 0 aliphatic heterocycles. The average Bonchev–Trinajstić information content (AvgIpc) is 2.41. The molecule has 2 rings (SSSR count). The van der Waals surface area contributed by atoms with E-state index in [0.717, 1.165) is 11.8 Å². The van der Waals surface area contributed by atoms with Crippen LogP contribution < -0.4 is 0 Å². The summed E-state index contributed by atoms with van der Waals surface area (Å²) in [6.07, 6.45) is 12.8. The average molecular weight is 228 g/mol. The fraction of sp³-hybridized carbons (Fsp3) is 0.529. The molecule has 0 unspecified atom stereocenters. The first-order chi connectivity index (χ1) is 8.40. The van der Waals surface area contributed by atoms with Crippen molar-refractivity contribution in [2.75, 3.05) is 0 Å². The molecule has 1 aromatic carbocycles. The molecule has 0 heterocycles. The summed E-state index contributed by atoms with van der Waals surface area (Å²) in [4.78, 5) is 0. The van der Waals surface area contributed by atoms with Crippen molar-refractivity contribution < 1.29 is 0 Å². The predicted octanol–water partition coefficient (Wildman–Crippen LogP) is 5.32. The van der Waals surface area contributed by atoms with Crippen molar-refractivity contribution in [1.29, 1.82) is 0 Å². The Hall–Kier alpha value is -1.04. The fourth-order valence-electron chi connectivity index (χ4n) is 3.01. The molecule has 0 heteroatoms. The van der Waals surface area contributed by atoms with Crippen LogP contribution in [0.4, 0.5) is 0 Å². The summed E-state index contributed by atoms with van der Waals surface area (Å²) in [5, 5.41) is 0. The number of rotatable bonds is 4. The van der Waals surface area contributed by atoms with Gasteiger partial charge in [0.25, 0.3) is 0 Å². The lowest BCUT2D eigenvalue weighted by molar-refractivity contribution is 0.312. The molecule has 92 valence electrons. The predicted molar refractivity (Wildman–Crippen MR) is 75.2 cm³/mol. The van der Waals surface area contributed by atoms with Gasteiger partial charge in [0, 0.05) is 0 Å². The van der Waals surface area contributed by atoms with Gasteiger partial charge in [0.1, 0.15) is 0 Å². The zero-order valence-electron chi connectivity index (χ0n) is 10.9. The molecule has 0 radical (unpaired) electrons. The molecule has 0 N–H and O–H groups in total. The molecule has 17 heavy (non-hydrogen) atoms. The van der Waals surface area contributed by atoms with E-state index in [1.165, 1.54) is 38.5 Å². The highest BCUT2D eigenvalue weighted by molar-refractivity contribution is 5.19. The molecular weight excluding hydrogens is 204 g/mol. The van der Waals surface area contributed by atoms with E-state index >= 15 is 0 Å². The summed E-state index contributed by atoms with van der Waals surface area (Å²) in [6.45, 7) is 2.12. The number of hydrogen-bond acceptors (Lipinski definition) is 0. The van der Waals surface area contributed by atoms with Crippen molar-refractivity contribution in [2.24, 2.45) is 5.92 Å². The number of benzene rings is 1. The van der Waals surface area contributed by atoms with E-state index in [2.05, 4.69) is 49.4 Å². The second-order valence-electron chi connectivity index (χ2n) is 5.27. The Bertz CT molecular complexity index is 328. The van der Waals surface area contributed by atoms with Crippen molar-refractivity contribution >= 4 is 0 Å². The van der Waals surface area contributed by atoms with E-state index in [-0.39, 0.29) is 0 Å². The van der Waals surface area contributed by atoms with Gasteiger partial charge in [0.05, 0.1) is 0 Å². The normalized spacial score (nSPS) is 25.2. The summed E-state index contributed by atoms with van der Waals surface area (Å²) in [7, 11) is 0. The van der Waals surface area contributed by atoms with Crippen LogP contribution in [0.15, 0.2) is 42.5 Å². The monoisotopic (exact) mass is 228 g/mol. The highest BCUT2D eigenvalue weighted by Crippen LogP contribution is 2.37. The Labute approximate surface area is 106 Å². The quantitative estimate of drug-likeness (QED) is 0.612. The highest BCUT2D eigenvalue weighted by atomic mass is 14.3. The molecule has 0 saturated heterocycles. The van der Waals surface area contributed by atoms with Gasteiger partial charge in [-0.1, -0.05) is 42.5 Å². The first-order valence-electron chi connectivity index (χ1n) is 7.06. The van der Waals surface area contributed by atoms with Gasteiger partial charge in [-0.05, 0) is 62.8 Å². The van der Waals surface area contributed by atoms with Crippen molar-refractivity contribution in [3.63, 3.8) is 0 Å². The van der Waals surface area contributed by atoms with Crippen LogP contribution in [-0.4, -0.2) is 0 Å². The number of allylic oxidation sites excluding steroid dienone is 2. The minimum absolute atomic E-state index is 0.828. The van der Waals surface area contributed by atoms with Crippen LogP contribution in [0, 0.1) is 5.92 Å². The summed E-state index contributed by atoms with van der Waals surface area (Å²) < 4.78 is 0. The Morgan fingerprint density at radius 1 is 1.06 bits per heavy atom. The standard InChI is InChI=1S/C17H24/c1-2-3-5-8-15-11-13-17(14-12-15)16-9-6-4-7-10-16/h2-4,6-7,9-10,15,17H,5,8,11-14H2,1H3/b3-2+. The van der Waals surface area contributed by atoms with Crippen LogP contribution in [0.25, 0.3) is 0 Å². The van der Waals surface area contributed by atoms with Crippen LogP contribution >= 0.6 is 0 Å². The van der Waals surface area contributed by atoms with E-state index in [0.29, 0.717) is 0 Å². The SMILES string of the molecule is C/C=C/CCC1CCC(c2ccccc2)CC1. The largest absolute Gasteiger partial charge is 0.0917 e. The van der Waals surface area contributed by atoms with Crippen molar-refractivity contribution in [3.05, 3.63) is 48.0 Å². The second kappa shape index (κ2) is 6.64. The Balaban J connectivity index is 1.78. The van der Waals surface area contributed by atoms with E-state index in [1.54, 1.807) is 5.56 Å². The minimum Gasteiger partial charge on any atom is -0.0917 e. The van der Waals surface area contributed by atoms with Crippen molar-refractivity contribution in [1.82, 2.24) is 0 Å². The lowest BCUT2D eigenvalue weighted by atomic mass is 9.77. The summed E-state index contributed by atoms with van der Waals surface area (Å²) in [5.41, 5.74) is 1.56. The third-order valence-electron chi connectivity index (χ3n) is 4.10. The molecule has 1 saturated carbocycles. The van der Waals surface area contributed by atoms with Crippen molar-refractivity contribution in [2.45, 2.75) is 51.4 Å². The van der Waals surface area contributed by atoms with Gasteiger partial charge in [-0.2, -0.15) is 0 Å². The molecule has 0 nitrogen and oxygen atoms in total. The molecule has 1 aliphatic carbocycles. The topological polar surface area (TPSA) is 0 Å². The van der Waals surface area contributed by atoms with Gasteiger partial charge in [-0.15, -0.1) is 0 Å². The van der Waals surface area contributed by atoms with Gasteiger partial charge >= 0.3 is 0 Å². The van der Waals surface area contributed by atoms with Crippen LogP contribution in [0.1, 0.15) is 56.9 Å². The molecule has 0 atom stereocenters. The molecule has 0 amide bonds. The van der Waals surface area contributed by atoms with Gasteiger partial charge in [-0.3, -0.25) is 0 Å². The van der Waals surface area contributed by atoms with Crippen molar-refractivity contribution in [3.8, 4) is 0 Å². The third-order valence-corrected chi connectivity index (χ3v) is 4.10. The third kappa shape index (κ3) is 3.73. The fourth-order valence-corrected chi connectivity index (χ4v) is 3.01. The molecule has 0 spiro atoms. The van der Waals surface area contributed by atoms with Gasteiger partial charge in [0.2, 0.25) is 0 Å². The maximum atomic E-state index is 2.31. The van der Waals surface area contributed by atoms with Gasteiger partial charge in [0.15, 0.2) is 0 Å². The molecular formula is C17H24. The first kappa shape index (κ1) is 12.4. The Morgan fingerprint density at radius 2 is 1.76 bits per heavy atom. The maximum absolute atomic E-state index is 2.31. The summed E-state index contributed by atoms with van der Waals surface area (Å²) in [6, 6.07) is 11.1. The Kier molecular flexibility index (Phi) is 4.85. The molecule has 1 aromatic rings. The van der Waals surface area contributed by atoms with Crippen LogP contribution in [0.2, 0.25) is 0 Å². The summed E-state index contributed by atoms with van der Waals surface area (Å²) in [5.74, 6) is 1.81. The lowest BCUT2D eigenvalue weighted by Crippen LogP contribution is -2.13.